The highest BCUT2D eigenvalue weighted by atomic mass is 16.3. The van der Waals surface area contributed by atoms with Gasteiger partial charge in [0.25, 0.3) is 0 Å². The van der Waals surface area contributed by atoms with E-state index in [9.17, 15) is 14.7 Å². The zero-order chi connectivity index (χ0) is 17.7. The van der Waals surface area contributed by atoms with Gasteiger partial charge in [0.05, 0.1) is 6.10 Å². The van der Waals surface area contributed by atoms with Gasteiger partial charge in [-0.2, -0.15) is 0 Å². The van der Waals surface area contributed by atoms with E-state index in [1.165, 1.54) is 0 Å². The molecule has 6 nitrogen and oxygen atoms in total. The van der Waals surface area contributed by atoms with Crippen LogP contribution in [0.1, 0.15) is 26.3 Å². The third kappa shape index (κ3) is 4.58. The van der Waals surface area contributed by atoms with Gasteiger partial charge in [0, 0.05) is 36.0 Å². The molecule has 2 rings (SSSR count). The van der Waals surface area contributed by atoms with E-state index in [1.807, 2.05) is 30.5 Å². The number of carbonyl (C=O) groups is 2. The van der Waals surface area contributed by atoms with Gasteiger partial charge in [0.15, 0.2) is 0 Å². The Balaban J connectivity index is 2.18. The van der Waals surface area contributed by atoms with Crippen LogP contribution in [-0.4, -0.2) is 40.6 Å². The molecule has 6 heteroatoms. The van der Waals surface area contributed by atoms with Crippen LogP contribution in [0.3, 0.4) is 0 Å². The smallest absolute Gasteiger partial charge is 0.243 e. The number of carbonyl (C=O) groups excluding carboxylic acids is 2. The highest BCUT2D eigenvalue weighted by Crippen LogP contribution is 2.19. The number of rotatable bonds is 7. The number of benzene rings is 1. The Kier molecular flexibility index (Phi) is 5.98. The van der Waals surface area contributed by atoms with Crippen LogP contribution in [0.15, 0.2) is 30.5 Å². The summed E-state index contributed by atoms with van der Waals surface area (Å²) in [6.07, 6.45) is 1.61. The van der Waals surface area contributed by atoms with Crippen LogP contribution in [0.4, 0.5) is 0 Å². The first-order valence-corrected chi connectivity index (χ1v) is 8.19. The van der Waals surface area contributed by atoms with Crippen LogP contribution in [0.25, 0.3) is 10.9 Å². The molecule has 0 aliphatic heterocycles. The topological polar surface area (TPSA) is 94.2 Å². The Morgan fingerprint density at radius 2 is 1.88 bits per heavy atom. The molecule has 1 aromatic carbocycles. The molecule has 2 atom stereocenters. The lowest BCUT2D eigenvalue weighted by molar-refractivity contribution is -0.130. The molecule has 0 fully saturated rings. The van der Waals surface area contributed by atoms with Gasteiger partial charge in [-0.15, -0.1) is 0 Å². The summed E-state index contributed by atoms with van der Waals surface area (Å²) in [5.41, 5.74) is 1.96. The number of para-hydroxylation sites is 1. The molecule has 0 aliphatic rings. The van der Waals surface area contributed by atoms with Gasteiger partial charge >= 0.3 is 0 Å². The molecule has 4 N–H and O–H groups in total. The van der Waals surface area contributed by atoms with Crippen LogP contribution >= 0.6 is 0 Å². The first-order valence-electron chi connectivity index (χ1n) is 8.19. The molecule has 0 bridgehead atoms. The minimum atomic E-state index is -0.683. The molecule has 0 spiro atoms. The Bertz CT molecular complexity index is 706. The minimum Gasteiger partial charge on any atom is -0.392 e. The van der Waals surface area contributed by atoms with Gasteiger partial charge in [-0.25, -0.2) is 0 Å². The average Bonchev–Trinajstić information content (AvgIpc) is 2.95. The molecule has 2 aromatic rings. The van der Waals surface area contributed by atoms with Crippen LogP contribution in [0, 0.1) is 5.92 Å². The van der Waals surface area contributed by atoms with Crippen LogP contribution < -0.4 is 10.6 Å². The third-order valence-electron chi connectivity index (χ3n) is 3.83. The average molecular weight is 331 g/mol. The number of H-pyrrole nitrogens is 1. The van der Waals surface area contributed by atoms with Gasteiger partial charge in [-0.05, 0) is 18.6 Å². The largest absolute Gasteiger partial charge is 0.392 e. The summed E-state index contributed by atoms with van der Waals surface area (Å²) in [6, 6.07) is 7.15. The predicted molar refractivity (Wildman–Crippen MR) is 93.5 cm³/mol. The number of hydrogen-bond donors (Lipinski definition) is 4. The number of hydrogen-bond acceptors (Lipinski definition) is 3. The van der Waals surface area contributed by atoms with E-state index < -0.39 is 12.1 Å². The molecule has 0 radical (unpaired) electrons. The molecule has 1 aromatic heterocycles. The Labute approximate surface area is 141 Å². The molecular formula is C18H25N3O3. The van der Waals surface area contributed by atoms with Crippen molar-refractivity contribution in [2.24, 2.45) is 5.92 Å². The molecule has 0 saturated heterocycles. The van der Waals surface area contributed by atoms with Crippen LogP contribution in [0.5, 0.6) is 0 Å². The van der Waals surface area contributed by atoms with Crippen LogP contribution in [-0.2, 0) is 16.0 Å². The predicted octanol–water partition coefficient (Wildman–Crippen LogP) is 1.35. The van der Waals surface area contributed by atoms with Crippen molar-refractivity contribution in [1.82, 2.24) is 15.6 Å². The van der Waals surface area contributed by atoms with Crippen molar-refractivity contribution >= 4 is 22.7 Å². The number of nitrogens with one attached hydrogen (secondary N) is 3. The number of aromatic amines is 1. The highest BCUT2D eigenvalue weighted by Gasteiger charge is 2.23. The minimum absolute atomic E-state index is 0.154. The number of aliphatic hydroxyl groups is 1. The molecule has 0 saturated carbocycles. The Hall–Kier alpha value is -2.34. The maximum Gasteiger partial charge on any atom is 0.243 e. The number of amides is 2. The van der Waals surface area contributed by atoms with Gasteiger partial charge in [0.2, 0.25) is 11.8 Å². The maximum absolute atomic E-state index is 12.4. The van der Waals surface area contributed by atoms with E-state index in [0.717, 1.165) is 16.5 Å². The highest BCUT2D eigenvalue weighted by molar-refractivity contribution is 5.90. The fourth-order valence-corrected chi connectivity index (χ4v) is 2.44. The van der Waals surface area contributed by atoms with Crippen molar-refractivity contribution in [3.8, 4) is 0 Å². The first-order chi connectivity index (χ1) is 11.4. The maximum atomic E-state index is 12.4. The van der Waals surface area contributed by atoms with E-state index in [-0.39, 0.29) is 24.3 Å². The molecule has 24 heavy (non-hydrogen) atoms. The summed E-state index contributed by atoms with van der Waals surface area (Å²) in [6.45, 7) is 5.32. The number of aliphatic hydroxyl groups excluding tert-OH is 1. The normalized spacial score (nSPS) is 13.7. The fraction of sp³-hybridized carbons (Fsp3) is 0.444. The van der Waals surface area contributed by atoms with E-state index in [2.05, 4.69) is 15.6 Å². The third-order valence-corrected chi connectivity index (χ3v) is 3.83. The zero-order valence-electron chi connectivity index (χ0n) is 14.3. The van der Waals surface area contributed by atoms with E-state index >= 15 is 0 Å². The zero-order valence-corrected chi connectivity index (χ0v) is 14.3. The summed E-state index contributed by atoms with van der Waals surface area (Å²) >= 11 is 0. The lowest BCUT2D eigenvalue weighted by Crippen LogP contribution is -2.50. The van der Waals surface area contributed by atoms with Gasteiger partial charge in [-0.3, -0.25) is 9.59 Å². The summed E-state index contributed by atoms with van der Waals surface area (Å²) < 4.78 is 0. The van der Waals surface area contributed by atoms with Crippen LogP contribution in [0.2, 0.25) is 0 Å². The second-order valence-corrected chi connectivity index (χ2v) is 6.37. The van der Waals surface area contributed by atoms with Gasteiger partial charge in [0.1, 0.15) is 6.04 Å². The van der Waals surface area contributed by atoms with E-state index in [1.54, 1.807) is 20.8 Å². The summed E-state index contributed by atoms with van der Waals surface area (Å²) in [5.74, 6) is -0.678. The molecule has 2 amide bonds. The molecular weight excluding hydrogens is 306 g/mol. The lowest BCUT2D eigenvalue weighted by Gasteiger charge is -2.20. The second kappa shape index (κ2) is 7.97. The van der Waals surface area contributed by atoms with Crippen molar-refractivity contribution in [1.29, 1.82) is 0 Å². The summed E-state index contributed by atoms with van der Waals surface area (Å²) in [7, 11) is 0. The first kappa shape index (κ1) is 18.0. The van der Waals surface area contributed by atoms with Crippen molar-refractivity contribution in [3.05, 3.63) is 36.0 Å². The van der Waals surface area contributed by atoms with E-state index in [4.69, 9.17) is 0 Å². The number of aromatic nitrogens is 1. The van der Waals surface area contributed by atoms with Crippen molar-refractivity contribution in [2.75, 3.05) is 6.54 Å². The number of fused-ring (bicyclic) bond motifs is 1. The van der Waals surface area contributed by atoms with Crippen molar-refractivity contribution in [2.45, 2.75) is 39.3 Å². The summed E-state index contributed by atoms with van der Waals surface area (Å²) in [4.78, 5) is 27.6. The molecule has 1 heterocycles. The quantitative estimate of drug-likeness (QED) is 0.617. The standard InChI is InChI=1S/C18H25N3O3/c1-11(2)17(23)21-16(18(24)20-9-12(3)22)8-13-10-19-15-7-5-4-6-14(13)15/h4-7,10-12,16,19,22H,8-9H2,1-3H3,(H,20,24)(H,21,23). The van der Waals surface area contributed by atoms with Gasteiger partial charge in [-0.1, -0.05) is 32.0 Å². The molecule has 2 unspecified atom stereocenters. The van der Waals surface area contributed by atoms with Crippen molar-refractivity contribution < 1.29 is 14.7 Å². The Morgan fingerprint density at radius 1 is 1.17 bits per heavy atom. The van der Waals surface area contributed by atoms with Crippen molar-refractivity contribution in [3.63, 3.8) is 0 Å². The van der Waals surface area contributed by atoms with E-state index in [0.29, 0.717) is 6.42 Å². The molecule has 0 aliphatic carbocycles. The summed E-state index contributed by atoms with van der Waals surface area (Å²) in [5, 5.41) is 15.8. The fourth-order valence-electron chi connectivity index (χ4n) is 2.44. The second-order valence-electron chi connectivity index (χ2n) is 6.37. The molecule has 130 valence electrons. The van der Waals surface area contributed by atoms with Gasteiger partial charge < -0.3 is 20.7 Å². The SMILES string of the molecule is CC(O)CNC(=O)C(Cc1c[nH]c2ccccc12)NC(=O)C(C)C. The lowest BCUT2D eigenvalue weighted by atomic mass is 10.0. The Morgan fingerprint density at radius 3 is 2.54 bits per heavy atom. The monoisotopic (exact) mass is 331 g/mol.